The number of amides is 1. The van der Waals surface area contributed by atoms with Crippen molar-refractivity contribution in [3.8, 4) is 0 Å². The number of nitrogens with one attached hydrogen (secondary N) is 1. The van der Waals surface area contributed by atoms with Gasteiger partial charge in [-0.1, -0.05) is 28.4 Å². The van der Waals surface area contributed by atoms with E-state index in [1.165, 1.54) is 6.07 Å². The molecule has 0 aliphatic heterocycles. The highest BCUT2D eigenvalue weighted by Gasteiger charge is 2.20. The summed E-state index contributed by atoms with van der Waals surface area (Å²) >= 11 is 11.5. The predicted octanol–water partition coefficient (Wildman–Crippen LogP) is 3.13. The van der Waals surface area contributed by atoms with Crippen LogP contribution in [0.3, 0.4) is 0 Å². The number of benzene rings is 1. The maximum absolute atomic E-state index is 12.0. The molecule has 0 bridgehead atoms. The van der Waals surface area contributed by atoms with E-state index in [4.69, 9.17) is 27.7 Å². The van der Waals surface area contributed by atoms with E-state index >= 15 is 0 Å². The van der Waals surface area contributed by atoms with Crippen molar-refractivity contribution in [1.82, 2.24) is 10.5 Å². The van der Waals surface area contributed by atoms with Crippen LogP contribution in [0.25, 0.3) is 0 Å². The Morgan fingerprint density at radius 1 is 1.43 bits per heavy atom. The summed E-state index contributed by atoms with van der Waals surface area (Å²) in [7, 11) is 0. The molecule has 1 aromatic carbocycles. The van der Waals surface area contributed by atoms with Gasteiger partial charge < -0.3 is 9.84 Å². The van der Waals surface area contributed by atoms with Gasteiger partial charge in [-0.05, 0) is 13.0 Å². The van der Waals surface area contributed by atoms with Crippen LogP contribution in [0.15, 0.2) is 22.7 Å². The molecular formula is C12H9Cl2N3O4. The quantitative estimate of drug-likeness (QED) is 0.686. The van der Waals surface area contributed by atoms with Crippen LogP contribution in [0, 0.1) is 17.0 Å². The minimum atomic E-state index is -0.704. The number of carbonyl (C=O) groups excluding carboxylic acids is 1. The second kappa shape index (κ2) is 6.11. The molecule has 1 heterocycles. The van der Waals surface area contributed by atoms with Crippen LogP contribution in [0.1, 0.15) is 21.8 Å². The maximum atomic E-state index is 12.0. The van der Waals surface area contributed by atoms with Crippen molar-refractivity contribution in [3.05, 3.63) is 55.4 Å². The highest BCUT2D eigenvalue weighted by Crippen LogP contribution is 2.33. The first-order valence-electron chi connectivity index (χ1n) is 5.72. The summed E-state index contributed by atoms with van der Waals surface area (Å²) in [5.41, 5.74) is 0.293. The first-order chi connectivity index (χ1) is 9.88. The van der Waals surface area contributed by atoms with E-state index in [-0.39, 0.29) is 22.2 Å². The van der Waals surface area contributed by atoms with Gasteiger partial charge in [0.15, 0.2) is 5.76 Å². The van der Waals surface area contributed by atoms with Gasteiger partial charge >= 0.3 is 0 Å². The molecule has 0 saturated carbocycles. The zero-order valence-electron chi connectivity index (χ0n) is 10.7. The number of nitro benzene ring substituents is 1. The smallest absolute Gasteiger partial charge is 0.290 e. The lowest BCUT2D eigenvalue weighted by molar-refractivity contribution is -0.384. The van der Waals surface area contributed by atoms with Crippen LogP contribution in [-0.4, -0.2) is 16.0 Å². The molecule has 0 fully saturated rings. The van der Waals surface area contributed by atoms with Crippen molar-refractivity contribution in [2.24, 2.45) is 0 Å². The lowest BCUT2D eigenvalue weighted by Gasteiger charge is -2.05. The Morgan fingerprint density at radius 2 is 2.14 bits per heavy atom. The summed E-state index contributed by atoms with van der Waals surface area (Å²) in [6, 6.07) is 3.99. The number of hydrogen-bond donors (Lipinski definition) is 1. The Labute approximate surface area is 129 Å². The molecule has 21 heavy (non-hydrogen) atoms. The fourth-order valence-electron chi connectivity index (χ4n) is 1.61. The first-order valence-corrected chi connectivity index (χ1v) is 6.48. The van der Waals surface area contributed by atoms with E-state index < -0.39 is 16.5 Å². The third-order valence-electron chi connectivity index (χ3n) is 2.57. The normalized spacial score (nSPS) is 10.4. The molecule has 0 atom stereocenters. The molecule has 2 rings (SSSR count). The molecule has 9 heteroatoms. The largest absolute Gasteiger partial charge is 0.359 e. The van der Waals surface area contributed by atoms with Gasteiger partial charge in [0.05, 0.1) is 22.2 Å². The van der Waals surface area contributed by atoms with Gasteiger partial charge in [0.25, 0.3) is 11.6 Å². The molecule has 0 spiro atoms. The van der Waals surface area contributed by atoms with Crippen molar-refractivity contribution < 1.29 is 14.2 Å². The Bertz CT molecular complexity index is 715. The van der Waals surface area contributed by atoms with Crippen LogP contribution in [-0.2, 0) is 6.54 Å². The van der Waals surface area contributed by atoms with Gasteiger partial charge in [-0.15, -0.1) is 0 Å². The second-order valence-electron chi connectivity index (χ2n) is 4.17. The third-order valence-corrected chi connectivity index (χ3v) is 3.36. The molecule has 1 amide bonds. The Kier molecular flexibility index (Phi) is 4.44. The van der Waals surface area contributed by atoms with Gasteiger partial charge in [-0.3, -0.25) is 14.9 Å². The van der Waals surface area contributed by atoms with Gasteiger partial charge in [0, 0.05) is 17.7 Å². The maximum Gasteiger partial charge on any atom is 0.290 e. The third kappa shape index (κ3) is 3.50. The number of nitro groups is 1. The topological polar surface area (TPSA) is 98.3 Å². The standard InChI is InChI=1S/C12H9Cl2N3O4/c1-6-2-8(21-16-6)5-15-12(18)7-3-9(13)11(14)10(4-7)17(19)20/h2-4H,5H2,1H3,(H,15,18). The lowest BCUT2D eigenvalue weighted by Crippen LogP contribution is -2.22. The van der Waals surface area contributed by atoms with E-state index in [1.54, 1.807) is 13.0 Å². The number of halogens is 2. The number of nitrogens with zero attached hydrogens (tertiary/aromatic N) is 2. The van der Waals surface area contributed by atoms with Crippen molar-refractivity contribution in [3.63, 3.8) is 0 Å². The van der Waals surface area contributed by atoms with Gasteiger partial charge in [0.2, 0.25) is 0 Å². The number of aryl methyl sites for hydroxylation is 1. The Hall–Kier alpha value is -2.12. The monoisotopic (exact) mass is 329 g/mol. The zero-order chi connectivity index (χ0) is 15.6. The molecule has 0 saturated heterocycles. The second-order valence-corrected chi connectivity index (χ2v) is 4.95. The number of hydrogen-bond acceptors (Lipinski definition) is 5. The van der Waals surface area contributed by atoms with E-state index in [0.717, 1.165) is 6.07 Å². The summed E-state index contributed by atoms with van der Waals surface area (Å²) in [6.07, 6.45) is 0. The van der Waals surface area contributed by atoms with Crippen molar-refractivity contribution in [2.75, 3.05) is 0 Å². The average molecular weight is 330 g/mol. The van der Waals surface area contributed by atoms with Crippen LogP contribution >= 0.6 is 23.2 Å². The van der Waals surface area contributed by atoms with Crippen molar-refractivity contribution in [1.29, 1.82) is 0 Å². The Morgan fingerprint density at radius 3 is 2.71 bits per heavy atom. The fraction of sp³-hybridized carbons (Fsp3) is 0.167. The summed E-state index contributed by atoms with van der Waals surface area (Å²) in [5, 5.41) is 16.8. The highest BCUT2D eigenvalue weighted by molar-refractivity contribution is 6.43. The van der Waals surface area contributed by atoms with E-state index in [2.05, 4.69) is 10.5 Å². The van der Waals surface area contributed by atoms with Crippen LogP contribution in [0.2, 0.25) is 10.0 Å². The van der Waals surface area contributed by atoms with Crippen molar-refractivity contribution in [2.45, 2.75) is 13.5 Å². The van der Waals surface area contributed by atoms with Crippen LogP contribution < -0.4 is 5.32 Å². The zero-order valence-corrected chi connectivity index (χ0v) is 12.2. The SMILES string of the molecule is Cc1cc(CNC(=O)c2cc(Cl)c(Cl)c([N+](=O)[O-])c2)on1. The minimum absolute atomic E-state index is 0.0346. The summed E-state index contributed by atoms with van der Waals surface area (Å²) < 4.78 is 4.94. The molecule has 110 valence electrons. The first kappa shape index (κ1) is 15.3. The number of aromatic nitrogens is 1. The molecule has 0 unspecified atom stereocenters. The van der Waals surface area contributed by atoms with Gasteiger partial charge in [-0.25, -0.2) is 0 Å². The van der Waals surface area contributed by atoms with Crippen LogP contribution in [0.5, 0.6) is 0 Å². The molecule has 2 aromatic rings. The van der Waals surface area contributed by atoms with Gasteiger partial charge in [0.1, 0.15) is 5.02 Å². The molecule has 1 N–H and O–H groups in total. The van der Waals surface area contributed by atoms with Crippen LogP contribution in [0.4, 0.5) is 5.69 Å². The van der Waals surface area contributed by atoms with Crippen molar-refractivity contribution >= 4 is 34.8 Å². The Balaban J connectivity index is 2.17. The summed E-state index contributed by atoms with van der Waals surface area (Å²) in [5.74, 6) is -0.0684. The average Bonchev–Trinajstić information content (AvgIpc) is 2.84. The lowest BCUT2D eigenvalue weighted by atomic mass is 10.2. The summed E-state index contributed by atoms with van der Waals surface area (Å²) in [6.45, 7) is 1.85. The molecule has 1 aromatic heterocycles. The number of carbonyl (C=O) groups is 1. The van der Waals surface area contributed by atoms with E-state index in [1.807, 2.05) is 0 Å². The van der Waals surface area contributed by atoms with Gasteiger partial charge in [-0.2, -0.15) is 0 Å². The fourth-order valence-corrected chi connectivity index (χ4v) is 2.00. The highest BCUT2D eigenvalue weighted by atomic mass is 35.5. The molecule has 7 nitrogen and oxygen atoms in total. The molecule has 0 radical (unpaired) electrons. The van der Waals surface area contributed by atoms with E-state index in [0.29, 0.717) is 11.5 Å². The molecule has 0 aliphatic carbocycles. The molecular weight excluding hydrogens is 321 g/mol. The minimum Gasteiger partial charge on any atom is -0.359 e. The number of rotatable bonds is 4. The van der Waals surface area contributed by atoms with E-state index in [9.17, 15) is 14.9 Å². The molecule has 0 aliphatic rings. The predicted molar refractivity (Wildman–Crippen MR) is 75.5 cm³/mol. The summed E-state index contributed by atoms with van der Waals surface area (Å²) in [4.78, 5) is 22.1.